The lowest BCUT2D eigenvalue weighted by atomic mass is 10.1. The van der Waals surface area contributed by atoms with Gasteiger partial charge in [0.2, 0.25) is 0 Å². The van der Waals surface area contributed by atoms with Crippen LogP contribution in [-0.4, -0.2) is 14.9 Å². The zero-order valence-corrected chi connectivity index (χ0v) is 16.0. The van der Waals surface area contributed by atoms with Crippen LogP contribution in [0.25, 0.3) is 4.85 Å². The summed E-state index contributed by atoms with van der Waals surface area (Å²) in [5.41, 5.74) is 5.39. The molecule has 6 nitrogen and oxygen atoms in total. The van der Waals surface area contributed by atoms with E-state index in [2.05, 4.69) is 10.0 Å². The summed E-state index contributed by atoms with van der Waals surface area (Å²) in [6.45, 7) is 15.6. The third-order valence-electron chi connectivity index (χ3n) is 4.86. The second-order valence-electron chi connectivity index (χ2n) is 7.28. The lowest BCUT2D eigenvalue weighted by Crippen LogP contribution is -2.06. The highest BCUT2D eigenvalue weighted by molar-refractivity contribution is 5.61. The fourth-order valence-electron chi connectivity index (χ4n) is 3.50. The second kappa shape index (κ2) is 6.58. The fourth-order valence-corrected chi connectivity index (χ4v) is 3.50. The van der Waals surface area contributed by atoms with Gasteiger partial charge in [0.15, 0.2) is 11.4 Å². The van der Waals surface area contributed by atoms with Gasteiger partial charge in [-0.05, 0) is 63.8 Å². The minimum atomic E-state index is 0.471. The minimum Gasteiger partial charge on any atom is -0.454 e. The molecule has 0 unspecified atom stereocenters. The van der Waals surface area contributed by atoms with E-state index in [1.165, 1.54) is 0 Å². The topological polar surface area (TPSA) is 57.4 Å². The van der Waals surface area contributed by atoms with E-state index in [0.717, 1.165) is 58.3 Å². The lowest BCUT2D eigenvalue weighted by molar-refractivity contribution is 0.387. The molecule has 27 heavy (non-hydrogen) atoms. The number of aromatic nitrogens is 3. The van der Waals surface area contributed by atoms with Crippen molar-refractivity contribution in [2.24, 2.45) is 0 Å². The van der Waals surface area contributed by atoms with Crippen LogP contribution in [0.15, 0.2) is 22.7 Å². The Hall–Kier alpha value is -3.07. The number of nitrogens with zero attached hydrogens (tertiary/aromatic N) is 4. The smallest absolute Gasteiger partial charge is 0.193 e. The van der Waals surface area contributed by atoms with Gasteiger partial charge in [-0.25, -0.2) is 4.85 Å². The maximum atomic E-state index is 7.32. The average molecular weight is 362 g/mol. The molecule has 1 aromatic carbocycles. The standard InChI is InChI=1S/C21H22N4O2/c1-12-8-18(9-13(2)19(12)22-5)26-21-15(4)23-25(20(21)16-6-7-16)11-17-10-14(3)27-24-17/h8-10,16H,6-7,11H2,1-4H3. The highest BCUT2D eigenvalue weighted by Gasteiger charge is 2.33. The maximum absolute atomic E-state index is 7.32. The summed E-state index contributed by atoms with van der Waals surface area (Å²) in [4.78, 5) is 3.61. The molecular weight excluding hydrogens is 340 g/mol. The Morgan fingerprint density at radius 1 is 1.19 bits per heavy atom. The Kier molecular flexibility index (Phi) is 4.23. The number of hydrogen-bond donors (Lipinski definition) is 0. The monoisotopic (exact) mass is 362 g/mol. The molecule has 1 aliphatic carbocycles. The van der Waals surface area contributed by atoms with Gasteiger partial charge in [0, 0.05) is 12.0 Å². The molecule has 0 bridgehead atoms. The van der Waals surface area contributed by atoms with Gasteiger partial charge in [0.05, 0.1) is 18.8 Å². The van der Waals surface area contributed by atoms with E-state index in [4.69, 9.17) is 20.9 Å². The Morgan fingerprint density at radius 2 is 1.89 bits per heavy atom. The number of benzene rings is 1. The van der Waals surface area contributed by atoms with Crippen LogP contribution in [0.1, 0.15) is 52.7 Å². The molecular formula is C21H22N4O2. The molecule has 0 N–H and O–H groups in total. The molecule has 2 aromatic heterocycles. The van der Waals surface area contributed by atoms with E-state index in [-0.39, 0.29) is 0 Å². The van der Waals surface area contributed by atoms with Gasteiger partial charge >= 0.3 is 0 Å². The minimum absolute atomic E-state index is 0.471. The first kappa shape index (κ1) is 17.3. The van der Waals surface area contributed by atoms with Crippen molar-refractivity contribution in [3.05, 3.63) is 63.6 Å². The first-order valence-electron chi connectivity index (χ1n) is 9.12. The summed E-state index contributed by atoms with van der Waals surface area (Å²) in [7, 11) is 0. The van der Waals surface area contributed by atoms with Crippen molar-refractivity contribution in [3.63, 3.8) is 0 Å². The van der Waals surface area contributed by atoms with Crippen LogP contribution in [-0.2, 0) is 6.54 Å². The van der Waals surface area contributed by atoms with E-state index in [1.54, 1.807) is 0 Å². The van der Waals surface area contributed by atoms with Crippen molar-refractivity contribution < 1.29 is 9.26 Å². The largest absolute Gasteiger partial charge is 0.454 e. The molecule has 3 aromatic rings. The molecule has 0 atom stereocenters. The van der Waals surface area contributed by atoms with Gasteiger partial charge in [-0.1, -0.05) is 5.16 Å². The first-order chi connectivity index (χ1) is 13.0. The van der Waals surface area contributed by atoms with E-state index in [9.17, 15) is 0 Å². The quantitative estimate of drug-likeness (QED) is 0.572. The molecule has 0 aliphatic heterocycles. The van der Waals surface area contributed by atoms with Crippen LogP contribution in [0.4, 0.5) is 5.69 Å². The van der Waals surface area contributed by atoms with Gasteiger partial charge in [-0.15, -0.1) is 0 Å². The molecule has 0 radical (unpaired) electrons. The molecule has 0 amide bonds. The van der Waals surface area contributed by atoms with Crippen molar-refractivity contribution in [1.82, 2.24) is 14.9 Å². The Labute approximate surface area is 158 Å². The third kappa shape index (κ3) is 3.33. The van der Waals surface area contributed by atoms with Gasteiger partial charge in [-0.2, -0.15) is 5.10 Å². The molecule has 0 spiro atoms. The molecule has 1 saturated carbocycles. The Morgan fingerprint density at radius 3 is 2.44 bits per heavy atom. The summed E-state index contributed by atoms with van der Waals surface area (Å²) in [5.74, 6) is 2.84. The van der Waals surface area contributed by atoms with Crippen LogP contribution in [0.2, 0.25) is 0 Å². The summed E-state index contributed by atoms with van der Waals surface area (Å²) >= 11 is 0. The van der Waals surface area contributed by atoms with Gasteiger partial charge in [0.1, 0.15) is 22.9 Å². The SMILES string of the molecule is [C-]#[N+]c1c(C)cc(Oc2c(C)nn(Cc3cc(C)on3)c2C2CC2)cc1C. The van der Waals surface area contributed by atoms with E-state index >= 15 is 0 Å². The molecule has 2 heterocycles. The van der Waals surface area contributed by atoms with Crippen molar-refractivity contribution in [3.8, 4) is 11.5 Å². The third-order valence-corrected chi connectivity index (χ3v) is 4.86. The van der Waals surface area contributed by atoms with Crippen LogP contribution in [0.3, 0.4) is 0 Å². The van der Waals surface area contributed by atoms with Gasteiger partial charge in [-0.3, -0.25) is 4.68 Å². The van der Waals surface area contributed by atoms with Crippen molar-refractivity contribution in [2.45, 2.75) is 53.0 Å². The zero-order valence-electron chi connectivity index (χ0n) is 16.0. The number of hydrogen-bond acceptors (Lipinski definition) is 4. The highest BCUT2D eigenvalue weighted by Crippen LogP contribution is 2.47. The highest BCUT2D eigenvalue weighted by atomic mass is 16.5. The number of ether oxygens (including phenoxy) is 1. The molecule has 4 rings (SSSR count). The predicted molar refractivity (Wildman–Crippen MR) is 102 cm³/mol. The Bertz CT molecular complexity index is 1030. The molecule has 0 saturated heterocycles. The second-order valence-corrected chi connectivity index (χ2v) is 7.28. The average Bonchev–Trinajstić information content (AvgIpc) is 3.29. The van der Waals surface area contributed by atoms with Crippen molar-refractivity contribution in [2.75, 3.05) is 0 Å². The maximum Gasteiger partial charge on any atom is 0.193 e. The van der Waals surface area contributed by atoms with Gasteiger partial charge < -0.3 is 9.26 Å². The fraction of sp³-hybridized carbons (Fsp3) is 0.381. The molecule has 6 heteroatoms. The molecule has 1 fully saturated rings. The zero-order chi connectivity index (χ0) is 19.1. The van der Waals surface area contributed by atoms with Crippen molar-refractivity contribution in [1.29, 1.82) is 0 Å². The summed E-state index contributed by atoms with van der Waals surface area (Å²) in [6, 6.07) is 5.79. The lowest BCUT2D eigenvalue weighted by Gasteiger charge is -2.12. The molecule has 1 aliphatic rings. The first-order valence-corrected chi connectivity index (χ1v) is 9.12. The predicted octanol–water partition coefficient (Wildman–Crippen LogP) is 5.37. The normalized spacial score (nSPS) is 13.6. The van der Waals surface area contributed by atoms with Gasteiger partial charge in [0.25, 0.3) is 0 Å². The number of aryl methyl sites for hydroxylation is 4. The van der Waals surface area contributed by atoms with Crippen LogP contribution < -0.4 is 4.74 Å². The molecule has 138 valence electrons. The summed E-state index contributed by atoms with van der Waals surface area (Å²) < 4.78 is 13.5. The summed E-state index contributed by atoms with van der Waals surface area (Å²) in [5, 5.41) is 8.80. The van der Waals surface area contributed by atoms with E-state index < -0.39 is 0 Å². The van der Waals surface area contributed by atoms with Crippen LogP contribution >= 0.6 is 0 Å². The van der Waals surface area contributed by atoms with Crippen LogP contribution in [0.5, 0.6) is 11.5 Å². The van der Waals surface area contributed by atoms with E-state index in [1.807, 2.05) is 50.6 Å². The van der Waals surface area contributed by atoms with Crippen molar-refractivity contribution >= 4 is 5.69 Å². The van der Waals surface area contributed by atoms with E-state index in [0.29, 0.717) is 18.2 Å². The number of rotatable bonds is 5. The van der Waals surface area contributed by atoms with Crippen LogP contribution in [0, 0.1) is 34.3 Å². The summed E-state index contributed by atoms with van der Waals surface area (Å²) in [6.07, 6.45) is 2.29. The Balaban J connectivity index is 1.70.